The Morgan fingerprint density at radius 1 is 1.35 bits per heavy atom. The van der Waals surface area contributed by atoms with Crippen LogP contribution in [0.1, 0.15) is 48.9 Å². The van der Waals surface area contributed by atoms with E-state index in [4.69, 9.17) is 0 Å². The van der Waals surface area contributed by atoms with Gasteiger partial charge in [-0.25, -0.2) is 4.98 Å². The molecule has 0 radical (unpaired) electrons. The van der Waals surface area contributed by atoms with Crippen LogP contribution in [-0.2, 0) is 6.54 Å². The number of aryl methyl sites for hydroxylation is 2. The second-order valence-corrected chi connectivity index (χ2v) is 7.50. The predicted octanol–water partition coefficient (Wildman–Crippen LogP) is 3.93. The molecule has 3 rings (SSSR count). The van der Waals surface area contributed by atoms with Crippen LogP contribution in [0.2, 0.25) is 0 Å². The topological polar surface area (TPSA) is 29.3 Å². The van der Waals surface area contributed by atoms with Crippen molar-refractivity contribution in [1.29, 1.82) is 0 Å². The van der Waals surface area contributed by atoms with E-state index < -0.39 is 0 Å². The predicted molar refractivity (Wildman–Crippen MR) is 85.4 cm³/mol. The third kappa shape index (κ3) is 2.77. The van der Waals surface area contributed by atoms with Crippen LogP contribution in [0, 0.1) is 25.7 Å². The number of hydrogen-bond acceptors (Lipinski definition) is 3. The molecule has 1 saturated carbocycles. The normalized spacial score (nSPS) is 23.6. The summed E-state index contributed by atoms with van der Waals surface area (Å²) in [7, 11) is 0. The standard InChI is InChI=1S/C16H25N3S/c1-11-6-4-5-7-14(11)8-17-9-15-13(3)18-16-19(15)10-12(2)20-16/h10-11,14,17H,4-9H2,1-3H3. The Morgan fingerprint density at radius 2 is 2.15 bits per heavy atom. The Bertz CT molecular complexity index is 584. The first-order chi connectivity index (χ1) is 9.65. The molecule has 0 amide bonds. The van der Waals surface area contributed by atoms with E-state index in [1.54, 1.807) is 11.3 Å². The molecule has 0 bridgehead atoms. The van der Waals surface area contributed by atoms with Gasteiger partial charge in [0.2, 0.25) is 0 Å². The molecule has 2 heterocycles. The third-order valence-corrected chi connectivity index (χ3v) is 5.63. The van der Waals surface area contributed by atoms with Crippen LogP contribution < -0.4 is 5.32 Å². The molecule has 110 valence electrons. The second kappa shape index (κ2) is 5.86. The van der Waals surface area contributed by atoms with Crippen molar-refractivity contribution >= 4 is 16.3 Å². The van der Waals surface area contributed by atoms with Gasteiger partial charge in [0.15, 0.2) is 4.96 Å². The minimum Gasteiger partial charge on any atom is -0.311 e. The number of fused-ring (bicyclic) bond motifs is 1. The van der Waals surface area contributed by atoms with Gasteiger partial charge in [0, 0.05) is 17.6 Å². The van der Waals surface area contributed by atoms with Crippen LogP contribution in [0.15, 0.2) is 6.20 Å². The molecule has 2 atom stereocenters. The highest BCUT2D eigenvalue weighted by Gasteiger charge is 2.21. The molecule has 2 aromatic heterocycles. The summed E-state index contributed by atoms with van der Waals surface area (Å²) in [6, 6.07) is 0. The Balaban J connectivity index is 1.63. The molecule has 0 spiro atoms. The van der Waals surface area contributed by atoms with Gasteiger partial charge in [-0.3, -0.25) is 4.40 Å². The number of nitrogens with one attached hydrogen (secondary N) is 1. The number of aromatic nitrogens is 2. The Morgan fingerprint density at radius 3 is 2.95 bits per heavy atom. The molecule has 1 N–H and O–H groups in total. The van der Waals surface area contributed by atoms with Gasteiger partial charge in [0.05, 0.1) is 11.4 Å². The summed E-state index contributed by atoms with van der Waals surface area (Å²) in [5.74, 6) is 1.74. The quantitative estimate of drug-likeness (QED) is 0.925. The van der Waals surface area contributed by atoms with E-state index in [1.165, 1.54) is 41.9 Å². The van der Waals surface area contributed by atoms with Crippen molar-refractivity contribution < 1.29 is 0 Å². The van der Waals surface area contributed by atoms with Crippen molar-refractivity contribution in [2.45, 2.75) is 53.0 Å². The number of hydrogen-bond donors (Lipinski definition) is 1. The molecule has 2 unspecified atom stereocenters. The van der Waals surface area contributed by atoms with Crippen LogP contribution in [0.25, 0.3) is 4.96 Å². The highest BCUT2D eigenvalue weighted by atomic mass is 32.1. The fraction of sp³-hybridized carbons (Fsp3) is 0.688. The first-order valence-corrected chi connectivity index (χ1v) is 8.61. The maximum absolute atomic E-state index is 4.66. The summed E-state index contributed by atoms with van der Waals surface area (Å²) >= 11 is 1.77. The van der Waals surface area contributed by atoms with Crippen LogP contribution in [0.3, 0.4) is 0 Å². The average molecular weight is 291 g/mol. The lowest BCUT2D eigenvalue weighted by Crippen LogP contribution is -2.29. The summed E-state index contributed by atoms with van der Waals surface area (Å²) in [6.45, 7) is 8.77. The maximum atomic E-state index is 4.66. The first-order valence-electron chi connectivity index (χ1n) is 7.80. The van der Waals surface area contributed by atoms with Gasteiger partial charge >= 0.3 is 0 Å². The SMILES string of the molecule is Cc1cn2c(CNCC3CCCCC3C)c(C)nc2s1. The highest BCUT2D eigenvalue weighted by molar-refractivity contribution is 7.17. The highest BCUT2D eigenvalue weighted by Crippen LogP contribution is 2.29. The van der Waals surface area contributed by atoms with Gasteiger partial charge in [-0.05, 0) is 38.6 Å². The van der Waals surface area contributed by atoms with Crippen molar-refractivity contribution in [2.24, 2.45) is 11.8 Å². The van der Waals surface area contributed by atoms with Crippen molar-refractivity contribution in [3.63, 3.8) is 0 Å². The van der Waals surface area contributed by atoms with Crippen LogP contribution >= 0.6 is 11.3 Å². The molecule has 1 aliphatic rings. The fourth-order valence-corrected chi connectivity index (χ4v) is 4.28. The van der Waals surface area contributed by atoms with Gasteiger partial charge < -0.3 is 5.32 Å². The van der Waals surface area contributed by atoms with Crippen LogP contribution in [0.4, 0.5) is 0 Å². The first kappa shape index (κ1) is 14.1. The van der Waals surface area contributed by atoms with Gasteiger partial charge in [0.25, 0.3) is 0 Å². The number of nitrogens with zero attached hydrogens (tertiary/aromatic N) is 2. The van der Waals surface area contributed by atoms with Gasteiger partial charge in [0.1, 0.15) is 0 Å². The van der Waals surface area contributed by atoms with E-state index in [1.807, 2.05) is 0 Å². The summed E-state index contributed by atoms with van der Waals surface area (Å²) in [5.41, 5.74) is 2.49. The van der Waals surface area contributed by atoms with Crippen LogP contribution in [0.5, 0.6) is 0 Å². The molecular formula is C16H25N3S. The molecule has 1 aliphatic carbocycles. The molecular weight excluding hydrogens is 266 g/mol. The lowest BCUT2D eigenvalue weighted by molar-refractivity contribution is 0.247. The third-order valence-electron chi connectivity index (χ3n) is 4.73. The van der Waals surface area contributed by atoms with Gasteiger partial charge in [-0.15, -0.1) is 11.3 Å². The zero-order valence-corrected chi connectivity index (χ0v) is 13.6. The summed E-state index contributed by atoms with van der Waals surface area (Å²) < 4.78 is 2.26. The van der Waals surface area contributed by atoms with E-state index in [2.05, 4.69) is 41.7 Å². The van der Waals surface area contributed by atoms with Crippen molar-refractivity contribution in [2.75, 3.05) is 6.54 Å². The lowest BCUT2D eigenvalue weighted by Gasteiger charge is -2.28. The van der Waals surface area contributed by atoms with Crippen molar-refractivity contribution in [3.05, 3.63) is 22.5 Å². The molecule has 1 fully saturated rings. The average Bonchev–Trinajstić information content (AvgIpc) is 2.89. The molecule has 2 aromatic rings. The monoisotopic (exact) mass is 291 g/mol. The van der Waals surface area contributed by atoms with Gasteiger partial charge in [-0.2, -0.15) is 0 Å². The Hall–Kier alpha value is -0.870. The van der Waals surface area contributed by atoms with Crippen molar-refractivity contribution in [1.82, 2.24) is 14.7 Å². The van der Waals surface area contributed by atoms with E-state index in [9.17, 15) is 0 Å². The summed E-state index contributed by atoms with van der Waals surface area (Å²) in [4.78, 5) is 7.11. The fourth-order valence-electron chi connectivity index (χ4n) is 3.39. The van der Waals surface area contributed by atoms with E-state index in [0.29, 0.717) is 0 Å². The van der Waals surface area contributed by atoms with E-state index in [-0.39, 0.29) is 0 Å². The molecule has 0 aliphatic heterocycles. The van der Waals surface area contributed by atoms with Crippen LogP contribution in [-0.4, -0.2) is 15.9 Å². The number of rotatable bonds is 4. The second-order valence-electron chi connectivity index (χ2n) is 6.29. The Labute approximate surface area is 125 Å². The molecule has 0 saturated heterocycles. The van der Waals surface area contributed by atoms with E-state index >= 15 is 0 Å². The van der Waals surface area contributed by atoms with Crippen molar-refractivity contribution in [3.8, 4) is 0 Å². The molecule has 20 heavy (non-hydrogen) atoms. The maximum Gasteiger partial charge on any atom is 0.194 e. The van der Waals surface area contributed by atoms with Gasteiger partial charge in [-0.1, -0.05) is 26.2 Å². The molecule has 4 heteroatoms. The number of thiazole rings is 1. The summed E-state index contributed by atoms with van der Waals surface area (Å²) in [6.07, 6.45) is 7.85. The zero-order valence-electron chi connectivity index (χ0n) is 12.8. The minimum absolute atomic E-state index is 0.858. The zero-order chi connectivity index (χ0) is 14.1. The minimum atomic E-state index is 0.858. The Kier molecular flexibility index (Phi) is 4.13. The summed E-state index contributed by atoms with van der Waals surface area (Å²) in [5, 5.41) is 3.67. The molecule has 3 nitrogen and oxygen atoms in total. The number of imidazole rings is 1. The lowest BCUT2D eigenvalue weighted by atomic mass is 9.80. The smallest absolute Gasteiger partial charge is 0.194 e. The largest absolute Gasteiger partial charge is 0.311 e. The van der Waals surface area contributed by atoms with E-state index in [0.717, 1.165) is 29.9 Å². The molecule has 0 aromatic carbocycles.